The first-order chi connectivity index (χ1) is 15.2. The molecule has 31 heavy (non-hydrogen) atoms. The molecule has 1 fully saturated rings. The lowest BCUT2D eigenvalue weighted by atomic mass is 10.0. The van der Waals surface area contributed by atoms with Crippen LogP contribution in [0, 0.1) is 0 Å². The maximum Gasteiger partial charge on any atom is 0.274 e. The minimum Gasteiger partial charge on any atom is -0.497 e. The number of hydrogen-bond acceptors (Lipinski definition) is 5. The Balaban J connectivity index is 1.38. The van der Waals surface area contributed by atoms with E-state index >= 15 is 0 Å². The number of hydrogen-bond donors (Lipinski definition) is 2. The van der Waals surface area contributed by atoms with Gasteiger partial charge in [-0.05, 0) is 79.0 Å². The topological polar surface area (TPSA) is 71.0 Å². The summed E-state index contributed by atoms with van der Waals surface area (Å²) in [6.45, 7) is 1.98. The zero-order valence-electron chi connectivity index (χ0n) is 17.5. The smallest absolute Gasteiger partial charge is 0.274 e. The van der Waals surface area contributed by atoms with Gasteiger partial charge >= 0.3 is 0 Å². The van der Waals surface area contributed by atoms with E-state index in [9.17, 15) is 4.79 Å². The summed E-state index contributed by atoms with van der Waals surface area (Å²) < 4.78 is 11.1. The van der Waals surface area contributed by atoms with E-state index in [1.54, 1.807) is 36.9 Å². The molecule has 1 aliphatic heterocycles. The molecule has 160 valence electrons. The van der Waals surface area contributed by atoms with Crippen LogP contribution < -0.4 is 15.0 Å². The van der Waals surface area contributed by atoms with Crippen molar-refractivity contribution in [2.45, 2.75) is 25.4 Å². The van der Waals surface area contributed by atoms with E-state index in [1.165, 1.54) is 17.5 Å². The van der Waals surface area contributed by atoms with Crippen LogP contribution >= 0.6 is 0 Å². The van der Waals surface area contributed by atoms with Crippen molar-refractivity contribution in [2.24, 2.45) is 0 Å². The molecule has 0 aliphatic carbocycles. The van der Waals surface area contributed by atoms with Crippen molar-refractivity contribution in [1.29, 1.82) is 0 Å². The van der Waals surface area contributed by atoms with Gasteiger partial charge in [0.2, 0.25) is 0 Å². The number of ether oxygens (including phenoxy) is 2. The van der Waals surface area contributed by atoms with Crippen molar-refractivity contribution >= 4 is 5.91 Å². The first-order valence-electron chi connectivity index (χ1n) is 10.4. The van der Waals surface area contributed by atoms with Gasteiger partial charge < -0.3 is 9.47 Å². The molecule has 0 bridgehead atoms. The monoisotopic (exact) mass is 418 g/mol. The number of nitrogens with one attached hydrogen (secondary N) is 1. The Bertz CT molecular complexity index is 1000. The van der Waals surface area contributed by atoms with Gasteiger partial charge in [-0.2, -0.15) is 0 Å². The van der Waals surface area contributed by atoms with Crippen molar-refractivity contribution in [2.75, 3.05) is 13.7 Å². The third-order valence-corrected chi connectivity index (χ3v) is 5.63. The van der Waals surface area contributed by atoms with Gasteiger partial charge in [0.15, 0.2) is 0 Å². The second kappa shape index (κ2) is 9.64. The van der Waals surface area contributed by atoms with Crippen LogP contribution in [0.15, 0.2) is 72.8 Å². The number of carbonyl (C=O) groups excluding carboxylic acids is 1. The van der Waals surface area contributed by atoms with Gasteiger partial charge in [-0.15, -0.1) is 0 Å². The summed E-state index contributed by atoms with van der Waals surface area (Å²) in [6.07, 6.45) is 2.36. The fourth-order valence-corrected chi connectivity index (χ4v) is 3.99. The number of methoxy groups -OCH3 is 1. The number of nitrogens with zero attached hydrogens (tertiary/aromatic N) is 1. The molecule has 1 heterocycles. The molecule has 0 saturated carbocycles. The second-order valence-corrected chi connectivity index (χ2v) is 7.61. The standard InChI is InChI=1S/C25H26N2O4/c1-30-21-12-6-19(7-13-21)24-3-2-16-27(24)17-18-4-10-22(11-5-18)31-23-14-8-20(9-15-23)25(28)26-29/h4-15,24,29H,2-3,16-17H2,1H3,(H,26,28). The Hall–Kier alpha value is -3.35. The average Bonchev–Trinajstić information content (AvgIpc) is 3.28. The Morgan fingerprint density at radius 1 is 0.968 bits per heavy atom. The number of amides is 1. The van der Waals surface area contributed by atoms with Crippen LogP contribution in [0.3, 0.4) is 0 Å². The highest BCUT2D eigenvalue weighted by Gasteiger charge is 2.25. The molecule has 1 amide bonds. The summed E-state index contributed by atoms with van der Waals surface area (Å²) in [6, 6.07) is 23.5. The normalized spacial score (nSPS) is 16.1. The number of likely N-dealkylation sites (tertiary alicyclic amines) is 1. The molecule has 6 nitrogen and oxygen atoms in total. The minimum atomic E-state index is -0.550. The molecule has 3 aromatic rings. The third-order valence-electron chi connectivity index (χ3n) is 5.63. The highest BCUT2D eigenvalue weighted by molar-refractivity contribution is 5.93. The van der Waals surface area contributed by atoms with Crippen LogP contribution in [0.1, 0.15) is 40.4 Å². The molecule has 1 atom stereocenters. The number of carbonyl (C=O) groups is 1. The van der Waals surface area contributed by atoms with E-state index in [4.69, 9.17) is 14.7 Å². The largest absolute Gasteiger partial charge is 0.497 e. The van der Waals surface area contributed by atoms with Crippen LogP contribution in [0.4, 0.5) is 0 Å². The van der Waals surface area contributed by atoms with Crippen molar-refractivity contribution in [3.8, 4) is 17.2 Å². The van der Waals surface area contributed by atoms with Crippen molar-refractivity contribution in [3.63, 3.8) is 0 Å². The fraction of sp³-hybridized carbons (Fsp3) is 0.240. The predicted molar refractivity (Wildman–Crippen MR) is 118 cm³/mol. The van der Waals surface area contributed by atoms with Crippen molar-refractivity contribution < 1.29 is 19.5 Å². The molecule has 1 unspecified atom stereocenters. The van der Waals surface area contributed by atoms with Gasteiger partial charge in [-0.25, -0.2) is 5.48 Å². The van der Waals surface area contributed by atoms with E-state index in [0.29, 0.717) is 17.4 Å². The molecule has 2 N–H and O–H groups in total. The summed E-state index contributed by atoms with van der Waals surface area (Å²) in [5.41, 5.74) is 4.55. The molecule has 1 aliphatic rings. The van der Waals surface area contributed by atoms with Crippen LogP contribution in [-0.4, -0.2) is 29.7 Å². The number of benzene rings is 3. The molecule has 1 saturated heterocycles. The minimum absolute atomic E-state index is 0.363. The lowest BCUT2D eigenvalue weighted by Gasteiger charge is -2.25. The van der Waals surface area contributed by atoms with E-state index in [0.717, 1.165) is 31.0 Å². The van der Waals surface area contributed by atoms with E-state index < -0.39 is 5.91 Å². The lowest BCUT2D eigenvalue weighted by molar-refractivity contribution is 0.0706. The van der Waals surface area contributed by atoms with Gasteiger partial charge in [-0.1, -0.05) is 24.3 Å². The zero-order valence-corrected chi connectivity index (χ0v) is 17.5. The van der Waals surface area contributed by atoms with Gasteiger partial charge in [0.25, 0.3) is 5.91 Å². The van der Waals surface area contributed by atoms with Crippen molar-refractivity contribution in [3.05, 3.63) is 89.5 Å². The molecule has 0 aromatic heterocycles. The Labute approximate surface area is 182 Å². The van der Waals surface area contributed by atoms with Crippen LogP contribution in [0.2, 0.25) is 0 Å². The highest BCUT2D eigenvalue weighted by Crippen LogP contribution is 2.34. The quantitative estimate of drug-likeness (QED) is 0.420. The highest BCUT2D eigenvalue weighted by atomic mass is 16.5. The Kier molecular flexibility index (Phi) is 6.50. The molecule has 0 spiro atoms. The molecular weight excluding hydrogens is 392 g/mol. The molecule has 3 aromatic carbocycles. The van der Waals surface area contributed by atoms with Gasteiger partial charge in [0, 0.05) is 18.2 Å². The third kappa shape index (κ3) is 5.05. The molecule has 4 rings (SSSR count). The zero-order chi connectivity index (χ0) is 21.6. The summed E-state index contributed by atoms with van der Waals surface area (Å²) in [5, 5.41) is 8.68. The summed E-state index contributed by atoms with van der Waals surface area (Å²) in [5.74, 6) is 1.69. The van der Waals surface area contributed by atoms with Gasteiger partial charge in [0.1, 0.15) is 17.2 Å². The van der Waals surface area contributed by atoms with Crippen molar-refractivity contribution in [1.82, 2.24) is 10.4 Å². The molecule has 0 radical (unpaired) electrons. The summed E-state index contributed by atoms with van der Waals surface area (Å²) in [7, 11) is 1.69. The molecular formula is C25H26N2O4. The Morgan fingerprint density at radius 2 is 1.58 bits per heavy atom. The molecule has 6 heteroatoms. The van der Waals surface area contributed by atoms with E-state index in [-0.39, 0.29) is 0 Å². The van der Waals surface area contributed by atoms with E-state index in [2.05, 4.69) is 29.2 Å². The first-order valence-corrected chi connectivity index (χ1v) is 10.4. The SMILES string of the molecule is COc1ccc(C2CCCN2Cc2ccc(Oc3ccc(C(=O)NO)cc3)cc2)cc1. The summed E-state index contributed by atoms with van der Waals surface area (Å²) in [4.78, 5) is 13.9. The van der Waals surface area contributed by atoms with E-state index in [1.807, 2.05) is 24.3 Å². The Morgan fingerprint density at radius 3 is 2.19 bits per heavy atom. The summed E-state index contributed by atoms with van der Waals surface area (Å²) >= 11 is 0. The number of rotatable bonds is 7. The lowest BCUT2D eigenvalue weighted by Crippen LogP contribution is -2.22. The van der Waals surface area contributed by atoms with Crippen LogP contribution in [0.5, 0.6) is 17.2 Å². The number of hydroxylamine groups is 1. The predicted octanol–water partition coefficient (Wildman–Crippen LogP) is 4.94. The average molecular weight is 418 g/mol. The van der Waals surface area contributed by atoms with Gasteiger partial charge in [-0.3, -0.25) is 14.9 Å². The maximum absolute atomic E-state index is 11.4. The maximum atomic E-state index is 11.4. The fourth-order valence-electron chi connectivity index (χ4n) is 3.99. The first kappa shape index (κ1) is 20.9. The van der Waals surface area contributed by atoms with Crippen LogP contribution in [-0.2, 0) is 6.54 Å². The van der Waals surface area contributed by atoms with Crippen LogP contribution in [0.25, 0.3) is 0 Å². The second-order valence-electron chi connectivity index (χ2n) is 7.61. The van der Waals surface area contributed by atoms with Gasteiger partial charge in [0.05, 0.1) is 7.11 Å².